The zero-order valence-corrected chi connectivity index (χ0v) is 31.7. The number of aromatic nitrogens is 8. The van der Waals surface area contributed by atoms with Crippen molar-refractivity contribution in [2.45, 2.75) is 62.6 Å². The molecule has 1 spiro atoms. The first-order chi connectivity index (χ1) is 23.4. The third-order valence-electron chi connectivity index (χ3n) is 9.91. The fourth-order valence-corrected chi connectivity index (χ4v) is 11.2. The SMILES string of the molecule is CCO[P@]1(=O)CCC23C[C@@H]2[C@@H](n2cnc4c(N)ncnc42)[C@H](O)[C@@H]3OP(=O)([S-])OC[C@H]2O[C@@H](n3cnc4c(=O)[nH]c(N)nc43)[C@H](O1)[C@@H]2OC.[Na+]. The molecule has 0 aromatic carbocycles. The number of anilines is 2. The van der Waals surface area contributed by atoms with Crippen LogP contribution in [0.15, 0.2) is 23.8 Å². The molecule has 2 aliphatic carbocycles. The Labute approximate surface area is 310 Å². The molecule has 50 heavy (non-hydrogen) atoms. The van der Waals surface area contributed by atoms with Gasteiger partial charge in [-0.05, 0) is 25.7 Å². The molecule has 6 N–H and O–H groups in total. The molecule has 8 rings (SSSR count). The first-order valence-corrected chi connectivity index (χ1v) is 19.7. The molecule has 11 atom stereocenters. The quantitative estimate of drug-likeness (QED) is 0.0976. The Bertz CT molecular complexity index is 2100. The summed E-state index contributed by atoms with van der Waals surface area (Å²) in [4.78, 5) is 36.0. The summed E-state index contributed by atoms with van der Waals surface area (Å²) in [5.41, 5.74) is 11.3. The molecule has 20 nitrogen and oxygen atoms in total. The Morgan fingerprint density at radius 3 is 2.66 bits per heavy atom. The smallest absolute Gasteiger partial charge is 0.660 e. The molecule has 0 radical (unpaired) electrons. The molecule has 2 saturated heterocycles. The Balaban J connectivity index is 0.00000392. The number of hydrogen-bond acceptors (Lipinski definition) is 18. The summed E-state index contributed by atoms with van der Waals surface area (Å²) in [6, 6.07) is -0.626. The van der Waals surface area contributed by atoms with Gasteiger partial charge in [0.15, 0.2) is 35.7 Å². The summed E-state index contributed by atoms with van der Waals surface area (Å²) in [7, 11) is -2.58. The zero-order valence-electron chi connectivity index (χ0n) is 27.1. The number of nitrogen functional groups attached to an aromatic ring is 2. The molecule has 6 heterocycles. The van der Waals surface area contributed by atoms with Crippen LogP contribution in [0.5, 0.6) is 0 Å². The van der Waals surface area contributed by atoms with Crippen LogP contribution < -0.4 is 46.6 Å². The second kappa shape index (κ2) is 13.2. The van der Waals surface area contributed by atoms with Crippen LogP contribution in [0.25, 0.3) is 22.3 Å². The van der Waals surface area contributed by atoms with E-state index >= 15 is 0 Å². The van der Waals surface area contributed by atoms with Crippen molar-refractivity contribution in [2.75, 3.05) is 38.0 Å². The normalized spacial score (nSPS) is 38.5. The third-order valence-corrected chi connectivity index (χ3v) is 13.4. The van der Waals surface area contributed by atoms with Crippen LogP contribution in [0.1, 0.15) is 32.0 Å². The molecule has 2 aliphatic heterocycles. The van der Waals surface area contributed by atoms with Gasteiger partial charge in [-0.25, -0.2) is 19.9 Å². The number of hydrogen-bond donors (Lipinski definition) is 4. The zero-order chi connectivity index (χ0) is 34.5. The number of fused-ring (bicyclic) bond motifs is 4. The summed E-state index contributed by atoms with van der Waals surface area (Å²) in [6.45, 7) is -2.97. The molecule has 4 fully saturated rings. The minimum atomic E-state index is -4.30. The number of aliphatic hydroxyl groups is 1. The predicted octanol–water partition coefficient (Wildman–Crippen LogP) is -1.96. The molecule has 2 bridgehead atoms. The van der Waals surface area contributed by atoms with E-state index in [2.05, 4.69) is 29.9 Å². The van der Waals surface area contributed by atoms with Gasteiger partial charge in [0.2, 0.25) is 5.95 Å². The van der Waals surface area contributed by atoms with Gasteiger partial charge < -0.3 is 56.4 Å². The van der Waals surface area contributed by atoms with Gasteiger partial charge in [-0.2, -0.15) is 4.98 Å². The van der Waals surface area contributed by atoms with Gasteiger partial charge in [-0.3, -0.25) is 28.0 Å². The van der Waals surface area contributed by atoms with Gasteiger partial charge in [0, 0.05) is 12.5 Å². The summed E-state index contributed by atoms with van der Waals surface area (Å²) in [5.74, 6) is -0.228. The first kappa shape index (κ1) is 36.4. The standard InChI is InChI=1S/C26H34N10O10P2S.Na/c1-3-42-47(39)5-4-26-6-11(26)15(35-9-31-13-20(27)29-8-30-21(13)35)16(37)19(26)46-48(40,49)43-7-12-17(41-2)18(45-47)24(44-12)36-10-32-14-22(36)33-25(28)34-23(14)38;/h8-12,15-19,24,37H,3-7H2,1-2H3,(H,40,49)(H2,27,29,30)(H3,28,33,34,38);/q;+1/p-1/t11-,12-,15-,16+,17-,18-,19+,24-,26?,47-,48?;/m1./s1. The van der Waals surface area contributed by atoms with Crippen molar-refractivity contribution in [3.05, 3.63) is 29.3 Å². The van der Waals surface area contributed by atoms with Gasteiger partial charge in [-0.15, -0.1) is 0 Å². The second-order valence-corrected chi connectivity index (χ2v) is 17.3. The van der Waals surface area contributed by atoms with Crippen molar-refractivity contribution >= 4 is 60.7 Å². The topological polar surface area (TPSA) is 269 Å². The van der Waals surface area contributed by atoms with E-state index in [-0.39, 0.29) is 77.6 Å². The number of imidazole rings is 2. The number of rotatable bonds is 5. The number of aromatic amines is 1. The molecule has 264 valence electrons. The van der Waals surface area contributed by atoms with Crippen molar-refractivity contribution in [1.82, 2.24) is 39.0 Å². The fourth-order valence-electron chi connectivity index (χ4n) is 7.74. The minimum Gasteiger partial charge on any atom is -0.660 e. The molecular formula is C26H33N10NaO10P2S. The van der Waals surface area contributed by atoms with E-state index in [4.69, 9.17) is 51.3 Å². The van der Waals surface area contributed by atoms with Gasteiger partial charge in [-0.1, -0.05) is 0 Å². The van der Waals surface area contributed by atoms with E-state index in [1.54, 1.807) is 11.5 Å². The van der Waals surface area contributed by atoms with Crippen LogP contribution in [-0.2, 0) is 48.9 Å². The minimum absolute atomic E-state index is 0. The van der Waals surface area contributed by atoms with E-state index in [1.807, 2.05) is 0 Å². The van der Waals surface area contributed by atoms with Gasteiger partial charge in [0.05, 0.1) is 44.2 Å². The van der Waals surface area contributed by atoms with Crippen molar-refractivity contribution in [3.8, 4) is 0 Å². The number of H-pyrrole nitrogens is 1. The maximum Gasteiger partial charge on any atom is 1.00 e. The van der Waals surface area contributed by atoms with Crippen molar-refractivity contribution in [3.63, 3.8) is 0 Å². The van der Waals surface area contributed by atoms with E-state index in [9.17, 15) is 19.0 Å². The second-order valence-electron chi connectivity index (χ2n) is 12.5. The predicted molar refractivity (Wildman–Crippen MR) is 172 cm³/mol. The maximum atomic E-state index is 14.6. The Morgan fingerprint density at radius 2 is 1.90 bits per heavy atom. The number of aliphatic hydroxyl groups excluding tert-OH is 1. The van der Waals surface area contributed by atoms with E-state index in [0.717, 1.165) is 0 Å². The van der Waals surface area contributed by atoms with E-state index < -0.39 is 74.8 Å². The van der Waals surface area contributed by atoms with E-state index in [0.29, 0.717) is 17.6 Å². The summed E-state index contributed by atoms with van der Waals surface area (Å²) in [5, 5.41) is 11.8. The Hall–Kier alpha value is -1.97. The largest absolute Gasteiger partial charge is 1.00 e. The molecule has 2 unspecified atom stereocenters. The molecule has 24 heteroatoms. The fraction of sp³-hybridized carbons (Fsp3) is 0.615. The number of nitrogens with zero attached hydrogens (tertiary/aromatic N) is 7. The first-order valence-electron chi connectivity index (χ1n) is 15.5. The van der Waals surface area contributed by atoms with Crippen LogP contribution >= 0.6 is 14.4 Å². The van der Waals surface area contributed by atoms with Crippen molar-refractivity contribution < 1.29 is 71.4 Å². The van der Waals surface area contributed by atoms with Crippen molar-refractivity contribution in [2.24, 2.45) is 11.3 Å². The van der Waals surface area contributed by atoms with Gasteiger partial charge >= 0.3 is 37.2 Å². The van der Waals surface area contributed by atoms with Crippen LogP contribution in [0.3, 0.4) is 0 Å². The summed E-state index contributed by atoms with van der Waals surface area (Å²) < 4.78 is 67.7. The molecular weight excluding hydrogens is 729 g/mol. The average Bonchev–Trinajstić information content (AvgIpc) is 3.35. The Morgan fingerprint density at radius 1 is 1.14 bits per heavy atom. The third kappa shape index (κ3) is 5.88. The van der Waals surface area contributed by atoms with Crippen LogP contribution in [-0.4, -0.2) is 101 Å². The number of nitrogens with two attached hydrogens (primary N) is 2. The van der Waals surface area contributed by atoms with Crippen molar-refractivity contribution in [1.29, 1.82) is 0 Å². The van der Waals surface area contributed by atoms with Crippen LogP contribution in [0.4, 0.5) is 11.8 Å². The molecule has 4 aliphatic rings. The molecule has 2 saturated carbocycles. The Kier molecular flexibility index (Phi) is 9.58. The number of ether oxygens (including phenoxy) is 2. The summed E-state index contributed by atoms with van der Waals surface area (Å²) >= 11 is 5.37. The average molecular weight is 763 g/mol. The van der Waals surface area contributed by atoms with Gasteiger partial charge in [0.1, 0.15) is 36.3 Å². The number of methoxy groups -OCH3 is 1. The monoisotopic (exact) mass is 762 g/mol. The van der Waals surface area contributed by atoms with E-state index in [1.165, 1.54) is 30.7 Å². The maximum absolute atomic E-state index is 14.6. The van der Waals surface area contributed by atoms with Crippen LogP contribution in [0.2, 0.25) is 0 Å². The molecule has 4 aromatic rings. The van der Waals surface area contributed by atoms with Crippen LogP contribution in [0, 0.1) is 11.3 Å². The summed E-state index contributed by atoms with van der Waals surface area (Å²) in [6.07, 6.45) is -1.82. The number of nitrogens with one attached hydrogen (secondary N) is 1. The van der Waals surface area contributed by atoms with Gasteiger partial charge in [0.25, 0.3) is 5.56 Å². The molecule has 0 amide bonds. The molecule has 4 aromatic heterocycles.